The summed E-state index contributed by atoms with van der Waals surface area (Å²) in [6, 6.07) is 2.20. The molecule has 3 rings (SSSR count). The molecule has 4 heteroatoms. The summed E-state index contributed by atoms with van der Waals surface area (Å²) in [4.78, 5) is 14.4. The van der Waals surface area contributed by atoms with Gasteiger partial charge in [0.1, 0.15) is 0 Å². The van der Waals surface area contributed by atoms with Gasteiger partial charge in [0.25, 0.3) is 0 Å². The highest BCUT2D eigenvalue weighted by Crippen LogP contribution is 2.33. The number of hydrogen-bond acceptors (Lipinski definition) is 3. The molecular weight excluding hydrogens is 250 g/mol. The van der Waals surface area contributed by atoms with Gasteiger partial charge < -0.3 is 10.6 Å². The van der Waals surface area contributed by atoms with Crippen molar-refractivity contribution in [1.29, 1.82) is 0 Å². The number of hydrogen-bond donors (Lipinski definition) is 2. The van der Waals surface area contributed by atoms with E-state index in [0.717, 1.165) is 44.6 Å². The molecule has 2 heterocycles. The molecule has 2 saturated heterocycles. The van der Waals surface area contributed by atoms with Crippen LogP contribution in [-0.2, 0) is 4.79 Å². The monoisotopic (exact) mass is 279 g/mol. The molecule has 0 radical (unpaired) electrons. The predicted molar refractivity (Wildman–Crippen MR) is 80.6 cm³/mol. The summed E-state index contributed by atoms with van der Waals surface area (Å²) in [5.74, 6) is 0.631. The van der Waals surface area contributed by atoms with E-state index in [-0.39, 0.29) is 5.91 Å². The predicted octanol–water partition coefficient (Wildman–Crippen LogP) is 1.51. The minimum Gasteiger partial charge on any atom is -0.355 e. The van der Waals surface area contributed by atoms with E-state index in [1.165, 1.54) is 32.1 Å². The van der Waals surface area contributed by atoms with E-state index in [9.17, 15) is 4.79 Å². The molecule has 2 bridgehead atoms. The number of fused-ring (bicyclic) bond motifs is 2. The molecule has 1 aliphatic carbocycles. The maximum atomic E-state index is 11.7. The van der Waals surface area contributed by atoms with Crippen molar-refractivity contribution in [3.05, 3.63) is 0 Å². The van der Waals surface area contributed by atoms with Gasteiger partial charge in [0.05, 0.1) is 0 Å². The number of piperidine rings is 2. The highest BCUT2D eigenvalue weighted by atomic mass is 16.2. The van der Waals surface area contributed by atoms with Gasteiger partial charge in [-0.15, -0.1) is 0 Å². The maximum Gasteiger partial charge on any atom is 0.223 e. The Labute approximate surface area is 122 Å². The van der Waals surface area contributed by atoms with Gasteiger partial charge in [0.2, 0.25) is 5.91 Å². The van der Waals surface area contributed by atoms with Crippen molar-refractivity contribution in [3.8, 4) is 0 Å². The van der Waals surface area contributed by atoms with Crippen LogP contribution in [0.4, 0.5) is 0 Å². The molecule has 20 heavy (non-hydrogen) atoms. The number of carbonyl (C=O) groups excluding carboxylic acids is 1. The molecule has 2 N–H and O–H groups in total. The number of rotatable bonds is 6. The van der Waals surface area contributed by atoms with Gasteiger partial charge >= 0.3 is 0 Å². The molecule has 0 aromatic rings. The SMILES string of the molecule is CCNC1CC2CCCC(C1)N2CCNC(=O)C1CC1. The number of nitrogens with zero attached hydrogens (tertiary/aromatic N) is 1. The highest BCUT2D eigenvalue weighted by Gasteiger charge is 2.37. The second kappa shape index (κ2) is 6.44. The van der Waals surface area contributed by atoms with Gasteiger partial charge in [-0.05, 0) is 45.1 Å². The Balaban J connectivity index is 1.47. The van der Waals surface area contributed by atoms with Crippen molar-refractivity contribution < 1.29 is 4.79 Å². The Morgan fingerprint density at radius 2 is 1.85 bits per heavy atom. The first-order valence-electron chi connectivity index (χ1n) is 8.54. The standard InChI is InChI=1S/C16H29N3O/c1-2-17-13-10-14-4-3-5-15(11-13)19(14)9-8-18-16(20)12-6-7-12/h12-15,17H,2-11H2,1H3,(H,18,20). The van der Waals surface area contributed by atoms with Crippen molar-refractivity contribution in [1.82, 2.24) is 15.5 Å². The second-order valence-electron chi connectivity index (χ2n) is 6.77. The van der Waals surface area contributed by atoms with Crippen LogP contribution in [0, 0.1) is 5.92 Å². The number of amides is 1. The first-order valence-corrected chi connectivity index (χ1v) is 8.54. The summed E-state index contributed by atoms with van der Waals surface area (Å²) in [5.41, 5.74) is 0. The van der Waals surface area contributed by atoms with Gasteiger partial charge in [0.15, 0.2) is 0 Å². The van der Waals surface area contributed by atoms with Crippen LogP contribution in [-0.4, -0.2) is 48.6 Å². The zero-order valence-electron chi connectivity index (χ0n) is 12.7. The molecule has 0 spiro atoms. The minimum absolute atomic E-state index is 0.290. The molecule has 3 aliphatic rings. The molecule has 2 atom stereocenters. The summed E-state index contributed by atoms with van der Waals surface area (Å²) in [6.07, 6.45) is 8.86. The lowest BCUT2D eigenvalue weighted by molar-refractivity contribution is -0.122. The summed E-state index contributed by atoms with van der Waals surface area (Å²) >= 11 is 0. The molecule has 4 nitrogen and oxygen atoms in total. The van der Waals surface area contributed by atoms with Gasteiger partial charge in [0, 0.05) is 37.1 Å². The molecule has 114 valence electrons. The first-order chi connectivity index (χ1) is 9.78. The van der Waals surface area contributed by atoms with Crippen LogP contribution < -0.4 is 10.6 Å². The Hall–Kier alpha value is -0.610. The van der Waals surface area contributed by atoms with Crippen molar-refractivity contribution in [3.63, 3.8) is 0 Å². The Morgan fingerprint density at radius 1 is 1.15 bits per heavy atom. The summed E-state index contributed by atoms with van der Waals surface area (Å²) < 4.78 is 0. The molecule has 1 saturated carbocycles. The minimum atomic E-state index is 0.290. The fourth-order valence-electron chi connectivity index (χ4n) is 4.10. The number of nitrogens with one attached hydrogen (secondary N) is 2. The highest BCUT2D eigenvalue weighted by molar-refractivity contribution is 5.80. The van der Waals surface area contributed by atoms with Crippen LogP contribution in [0.15, 0.2) is 0 Å². The largest absolute Gasteiger partial charge is 0.355 e. The van der Waals surface area contributed by atoms with E-state index in [2.05, 4.69) is 22.5 Å². The van der Waals surface area contributed by atoms with Crippen LogP contribution in [0.3, 0.4) is 0 Å². The lowest BCUT2D eigenvalue weighted by atomic mass is 9.81. The molecule has 2 aliphatic heterocycles. The van der Waals surface area contributed by atoms with E-state index in [0.29, 0.717) is 12.0 Å². The molecule has 0 aromatic carbocycles. The zero-order valence-corrected chi connectivity index (χ0v) is 12.7. The molecule has 0 aromatic heterocycles. The van der Waals surface area contributed by atoms with Crippen molar-refractivity contribution >= 4 is 5.91 Å². The van der Waals surface area contributed by atoms with Crippen molar-refractivity contribution in [2.24, 2.45) is 5.92 Å². The van der Waals surface area contributed by atoms with E-state index in [1.54, 1.807) is 0 Å². The van der Waals surface area contributed by atoms with Crippen LogP contribution in [0.5, 0.6) is 0 Å². The average molecular weight is 279 g/mol. The van der Waals surface area contributed by atoms with E-state index >= 15 is 0 Å². The molecule has 3 fully saturated rings. The lowest BCUT2D eigenvalue weighted by Gasteiger charge is -2.49. The normalized spacial score (nSPS) is 34.0. The van der Waals surface area contributed by atoms with E-state index in [1.807, 2.05) is 0 Å². The Kier molecular flexibility index (Phi) is 4.61. The van der Waals surface area contributed by atoms with E-state index in [4.69, 9.17) is 0 Å². The summed E-state index contributed by atoms with van der Waals surface area (Å²) in [7, 11) is 0. The Morgan fingerprint density at radius 3 is 2.45 bits per heavy atom. The van der Waals surface area contributed by atoms with Crippen LogP contribution >= 0.6 is 0 Å². The summed E-state index contributed by atoms with van der Waals surface area (Å²) in [6.45, 7) is 5.18. The number of carbonyl (C=O) groups is 1. The third kappa shape index (κ3) is 3.34. The average Bonchev–Trinajstić information content (AvgIpc) is 3.23. The zero-order chi connectivity index (χ0) is 13.9. The summed E-state index contributed by atoms with van der Waals surface area (Å²) in [5, 5.41) is 6.76. The fraction of sp³-hybridized carbons (Fsp3) is 0.938. The molecular formula is C16H29N3O. The van der Waals surface area contributed by atoms with E-state index < -0.39 is 0 Å². The lowest BCUT2D eigenvalue weighted by Crippen LogP contribution is -2.57. The molecule has 1 amide bonds. The third-order valence-electron chi connectivity index (χ3n) is 5.24. The second-order valence-corrected chi connectivity index (χ2v) is 6.77. The maximum absolute atomic E-state index is 11.7. The van der Waals surface area contributed by atoms with Crippen LogP contribution in [0.25, 0.3) is 0 Å². The van der Waals surface area contributed by atoms with Crippen molar-refractivity contribution in [2.75, 3.05) is 19.6 Å². The smallest absolute Gasteiger partial charge is 0.223 e. The molecule has 2 unspecified atom stereocenters. The van der Waals surface area contributed by atoms with Crippen LogP contribution in [0.1, 0.15) is 51.9 Å². The Bertz CT molecular complexity index is 329. The third-order valence-corrected chi connectivity index (χ3v) is 5.24. The van der Waals surface area contributed by atoms with Gasteiger partial charge in [-0.2, -0.15) is 0 Å². The van der Waals surface area contributed by atoms with Gasteiger partial charge in [-0.3, -0.25) is 9.69 Å². The van der Waals surface area contributed by atoms with Crippen molar-refractivity contribution in [2.45, 2.75) is 70.0 Å². The van der Waals surface area contributed by atoms with Crippen LogP contribution in [0.2, 0.25) is 0 Å². The first kappa shape index (κ1) is 14.3. The fourth-order valence-corrected chi connectivity index (χ4v) is 4.10. The quantitative estimate of drug-likeness (QED) is 0.774. The van der Waals surface area contributed by atoms with Gasteiger partial charge in [-0.25, -0.2) is 0 Å². The van der Waals surface area contributed by atoms with Gasteiger partial charge in [-0.1, -0.05) is 13.3 Å². The topological polar surface area (TPSA) is 44.4 Å².